The fourth-order valence-electron chi connectivity index (χ4n) is 1.44. The molecule has 2 rings (SSSR count). The van der Waals surface area contributed by atoms with Crippen LogP contribution in [0.25, 0.3) is 0 Å². The second kappa shape index (κ2) is 4.17. The monoisotopic (exact) mass is 199 g/mol. The molecule has 2 aliphatic carbocycles. The molecule has 82 valence electrons. The van der Waals surface area contributed by atoms with Crippen molar-refractivity contribution in [3.05, 3.63) is 0 Å². The Morgan fingerprint density at radius 1 is 1.50 bits per heavy atom. The minimum Gasteiger partial charge on any atom is -0.389 e. The van der Waals surface area contributed by atoms with Crippen molar-refractivity contribution < 1.29 is 9.84 Å². The van der Waals surface area contributed by atoms with Crippen LogP contribution in [0.1, 0.15) is 32.6 Å². The van der Waals surface area contributed by atoms with Gasteiger partial charge >= 0.3 is 0 Å². The Morgan fingerprint density at radius 2 is 2.21 bits per heavy atom. The van der Waals surface area contributed by atoms with Crippen LogP contribution in [0.4, 0.5) is 0 Å². The van der Waals surface area contributed by atoms with Gasteiger partial charge in [-0.25, -0.2) is 0 Å². The highest BCUT2D eigenvalue weighted by Crippen LogP contribution is 2.34. The van der Waals surface area contributed by atoms with Crippen molar-refractivity contribution in [1.29, 1.82) is 0 Å². The summed E-state index contributed by atoms with van der Waals surface area (Å²) in [6.45, 7) is 4.19. The van der Waals surface area contributed by atoms with E-state index in [0.717, 1.165) is 12.5 Å². The predicted molar refractivity (Wildman–Crippen MR) is 55.2 cm³/mol. The van der Waals surface area contributed by atoms with E-state index >= 15 is 0 Å². The summed E-state index contributed by atoms with van der Waals surface area (Å²) in [6, 6.07) is 0. The van der Waals surface area contributed by atoms with Crippen LogP contribution >= 0.6 is 0 Å². The minimum atomic E-state index is -0.342. The van der Waals surface area contributed by atoms with Gasteiger partial charge < -0.3 is 15.2 Å². The Bertz CT molecular complexity index is 188. The SMILES string of the molecule is CC1(NCC(O)COCC2CC2)CC1. The second-order valence-corrected chi connectivity index (χ2v) is 5.08. The zero-order valence-corrected chi connectivity index (χ0v) is 8.96. The van der Waals surface area contributed by atoms with Gasteiger partial charge in [0.1, 0.15) is 0 Å². The molecule has 0 aliphatic heterocycles. The first-order chi connectivity index (χ1) is 6.68. The molecule has 1 atom stereocenters. The molecule has 0 aromatic heterocycles. The molecule has 3 nitrogen and oxygen atoms in total. The normalized spacial score (nSPS) is 26.1. The molecule has 2 fully saturated rings. The van der Waals surface area contributed by atoms with Crippen molar-refractivity contribution in [2.24, 2.45) is 5.92 Å². The molecule has 0 aromatic carbocycles. The quantitative estimate of drug-likeness (QED) is 0.640. The lowest BCUT2D eigenvalue weighted by Gasteiger charge is -2.15. The maximum absolute atomic E-state index is 9.59. The van der Waals surface area contributed by atoms with Crippen LogP contribution < -0.4 is 5.32 Å². The fourth-order valence-corrected chi connectivity index (χ4v) is 1.44. The third kappa shape index (κ3) is 3.56. The van der Waals surface area contributed by atoms with E-state index in [-0.39, 0.29) is 6.10 Å². The Morgan fingerprint density at radius 3 is 2.79 bits per heavy atom. The van der Waals surface area contributed by atoms with Crippen LogP contribution in [-0.2, 0) is 4.74 Å². The molecule has 0 aromatic rings. The molecule has 2 saturated carbocycles. The summed E-state index contributed by atoms with van der Waals surface area (Å²) in [5.74, 6) is 0.788. The van der Waals surface area contributed by atoms with Gasteiger partial charge in [-0.1, -0.05) is 0 Å². The minimum absolute atomic E-state index is 0.317. The summed E-state index contributed by atoms with van der Waals surface area (Å²) in [7, 11) is 0. The van der Waals surface area contributed by atoms with Gasteiger partial charge in [0.2, 0.25) is 0 Å². The van der Waals surface area contributed by atoms with Gasteiger partial charge in [-0.15, -0.1) is 0 Å². The first-order valence-electron chi connectivity index (χ1n) is 5.69. The summed E-state index contributed by atoms with van der Waals surface area (Å²) < 4.78 is 5.41. The lowest BCUT2D eigenvalue weighted by Crippen LogP contribution is -2.37. The number of β-amino-alcohol motifs (C(OH)–C–C–N with tert-alkyl or cyclic N) is 1. The number of rotatable bonds is 7. The Balaban J connectivity index is 1.47. The smallest absolute Gasteiger partial charge is 0.0897 e. The lowest BCUT2D eigenvalue weighted by atomic mass is 10.3. The van der Waals surface area contributed by atoms with E-state index in [1.807, 2.05) is 0 Å². The maximum Gasteiger partial charge on any atom is 0.0897 e. The standard InChI is InChI=1S/C11H21NO2/c1-11(4-5-11)12-6-10(13)8-14-7-9-2-3-9/h9-10,12-13H,2-8H2,1H3. The molecule has 0 spiro atoms. The second-order valence-electron chi connectivity index (χ2n) is 5.08. The van der Waals surface area contributed by atoms with Crippen LogP contribution in [-0.4, -0.2) is 36.5 Å². The molecule has 0 bridgehead atoms. The zero-order valence-electron chi connectivity index (χ0n) is 8.96. The number of hydrogen-bond donors (Lipinski definition) is 2. The van der Waals surface area contributed by atoms with Crippen molar-refractivity contribution in [2.45, 2.75) is 44.2 Å². The third-order valence-electron chi connectivity index (χ3n) is 3.13. The molecule has 0 saturated heterocycles. The Labute approximate surface area is 85.8 Å². The van der Waals surface area contributed by atoms with E-state index in [0.29, 0.717) is 18.7 Å². The van der Waals surface area contributed by atoms with E-state index in [9.17, 15) is 5.11 Å². The predicted octanol–water partition coefficient (Wildman–Crippen LogP) is 0.916. The first-order valence-corrected chi connectivity index (χ1v) is 5.69. The molecule has 0 radical (unpaired) electrons. The number of nitrogens with one attached hydrogen (secondary N) is 1. The van der Waals surface area contributed by atoms with Crippen LogP contribution in [0.5, 0.6) is 0 Å². The molecular weight excluding hydrogens is 178 g/mol. The summed E-state index contributed by atoms with van der Waals surface area (Å²) in [6.07, 6.45) is 4.76. The zero-order chi connectivity index (χ0) is 10.0. The van der Waals surface area contributed by atoms with Crippen molar-refractivity contribution in [3.63, 3.8) is 0 Å². The molecule has 1 unspecified atom stereocenters. The average Bonchev–Trinajstić information content (AvgIpc) is 3.01. The molecule has 3 heteroatoms. The van der Waals surface area contributed by atoms with E-state index in [4.69, 9.17) is 4.74 Å². The van der Waals surface area contributed by atoms with Crippen LogP contribution in [0.15, 0.2) is 0 Å². The molecule has 2 N–H and O–H groups in total. The fraction of sp³-hybridized carbons (Fsp3) is 1.00. The summed E-state index contributed by atoms with van der Waals surface area (Å²) in [5, 5.41) is 12.9. The van der Waals surface area contributed by atoms with E-state index in [1.165, 1.54) is 25.7 Å². The number of aliphatic hydroxyl groups is 1. The largest absolute Gasteiger partial charge is 0.389 e. The number of aliphatic hydroxyl groups excluding tert-OH is 1. The third-order valence-corrected chi connectivity index (χ3v) is 3.13. The highest BCUT2D eigenvalue weighted by Gasteiger charge is 2.36. The van der Waals surface area contributed by atoms with Crippen molar-refractivity contribution in [2.75, 3.05) is 19.8 Å². The van der Waals surface area contributed by atoms with Crippen molar-refractivity contribution in [3.8, 4) is 0 Å². The average molecular weight is 199 g/mol. The lowest BCUT2D eigenvalue weighted by molar-refractivity contribution is 0.0311. The van der Waals surface area contributed by atoms with E-state index in [2.05, 4.69) is 12.2 Å². The van der Waals surface area contributed by atoms with Crippen LogP contribution in [0.3, 0.4) is 0 Å². The number of hydrogen-bond acceptors (Lipinski definition) is 3. The Kier molecular flexibility index (Phi) is 3.10. The molecule has 0 amide bonds. The van der Waals surface area contributed by atoms with Gasteiger partial charge in [0.25, 0.3) is 0 Å². The highest BCUT2D eigenvalue weighted by molar-refractivity contribution is 4.97. The topological polar surface area (TPSA) is 41.5 Å². The van der Waals surface area contributed by atoms with E-state index < -0.39 is 0 Å². The summed E-state index contributed by atoms with van der Waals surface area (Å²) in [4.78, 5) is 0. The van der Waals surface area contributed by atoms with Gasteiger partial charge in [0, 0.05) is 18.7 Å². The van der Waals surface area contributed by atoms with Gasteiger partial charge in [-0.3, -0.25) is 0 Å². The summed E-state index contributed by atoms with van der Waals surface area (Å²) in [5.41, 5.74) is 0.317. The molecule has 2 aliphatic rings. The van der Waals surface area contributed by atoms with Crippen LogP contribution in [0, 0.1) is 5.92 Å². The van der Waals surface area contributed by atoms with Crippen LogP contribution in [0.2, 0.25) is 0 Å². The highest BCUT2D eigenvalue weighted by atomic mass is 16.5. The number of ether oxygens (including phenoxy) is 1. The molecule has 0 heterocycles. The van der Waals surface area contributed by atoms with Gasteiger partial charge in [-0.2, -0.15) is 0 Å². The molecular formula is C11H21NO2. The Hall–Kier alpha value is -0.120. The van der Waals surface area contributed by atoms with Crippen molar-refractivity contribution in [1.82, 2.24) is 5.32 Å². The maximum atomic E-state index is 9.59. The van der Waals surface area contributed by atoms with Gasteiger partial charge in [0.15, 0.2) is 0 Å². The van der Waals surface area contributed by atoms with E-state index in [1.54, 1.807) is 0 Å². The molecule has 14 heavy (non-hydrogen) atoms. The first kappa shape index (κ1) is 10.4. The van der Waals surface area contributed by atoms with Gasteiger partial charge in [0.05, 0.1) is 12.7 Å². The van der Waals surface area contributed by atoms with Crippen molar-refractivity contribution >= 4 is 0 Å². The van der Waals surface area contributed by atoms with Gasteiger partial charge in [-0.05, 0) is 38.5 Å². The summed E-state index contributed by atoms with van der Waals surface area (Å²) >= 11 is 0.